The van der Waals surface area contributed by atoms with Gasteiger partial charge in [0.1, 0.15) is 6.04 Å². The summed E-state index contributed by atoms with van der Waals surface area (Å²) in [4.78, 5) is 13.2. The van der Waals surface area contributed by atoms with Crippen LogP contribution in [0.2, 0.25) is 5.02 Å². The molecule has 0 radical (unpaired) electrons. The van der Waals surface area contributed by atoms with Crippen LogP contribution in [0.15, 0.2) is 18.2 Å². The number of carbonyl (C=O) groups excluding carboxylic acids is 1. The standard InChI is InChI=1S/C12H12ClF3N2O/c1-18-5-4-10(11(18)19)17-9-3-2-7(13)6-8(9)12(14,15)16/h2-3,6,10,17H,4-5H2,1H3. The van der Waals surface area contributed by atoms with Crippen LogP contribution in [0.5, 0.6) is 0 Å². The maximum atomic E-state index is 12.9. The summed E-state index contributed by atoms with van der Waals surface area (Å²) in [5.74, 6) is -0.205. The smallest absolute Gasteiger partial charge is 0.373 e. The number of benzene rings is 1. The van der Waals surface area contributed by atoms with Gasteiger partial charge in [0.15, 0.2) is 0 Å². The number of hydrogen-bond acceptors (Lipinski definition) is 2. The van der Waals surface area contributed by atoms with E-state index in [-0.39, 0.29) is 16.6 Å². The summed E-state index contributed by atoms with van der Waals surface area (Å²) in [5.41, 5.74) is -0.979. The molecule has 1 heterocycles. The van der Waals surface area contributed by atoms with Gasteiger partial charge in [0, 0.05) is 24.3 Å². The molecule has 1 amide bonds. The summed E-state index contributed by atoms with van der Waals surface area (Å²) in [6.45, 7) is 0.533. The lowest BCUT2D eigenvalue weighted by molar-refractivity contribution is -0.137. The first-order valence-corrected chi connectivity index (χ1v) is 6.05. The number of halogens is 4. The molecule has 1 aromatic carbocycles. The van der Waals surface area contributed by atoms with Gasteiger partial charge in [-0.05, 0) is 24.6 Å². The fourth-order valence-corrected chi connectivity index (χ4v) is 2.19. The molecule has 1 aliphatic heterocycles. The highest BCUT2D eigenvalue weighted by molar-refractivity contribution is 6.30. The molecular formula is C12H12ClF3N2O. The van der Waals surface area contributed by atoms with Crippen molar-refractivity contribution in [1.82, 2.24) is 4.90 Å². The first-order valence-electron chi connectivity index (χ1n) is 5.67. The highest BCUT2D eigenvalue weighted by Crippen LogP contribution is 2.37. The number of nitrogens with one attached hydrogen (secondary N) is 1. The maximum Gasteiger partial charge on any atom is 0.418 e. The lowest BCUT2D eigenvalue weighted by atomic mass is 10.1. The second kappa shape index (κ2) is 4.92. The van der Waals surface area contributed by atoms with Gasteiger partial charge in [-0.2, -0.15) is 13.2 Å². The van der Waals surface area contributed by atoms with Gasteiger partial charge in [-0.25, -0.2) is 0 Å². The number of likely N-dealkylation sites (N-methyl/N-ethyl adjacent to an activating group) is 1. The quantitative estimate of drug-likeness (QED) is 0.909. The van der Waals surface area contributed by atoms with Gasteiger partial charge in [-0.1, -0.05) is 11.6 Å². The third-order valence-electron chi connectivity index (χ3n) is 3.04. The molecule has 1 unspecified atom stereocenters. The molecule has 1 atom stereocenters. The molecule has 0 aliphatic carbocycles. The van der Waals surface area contributed by atoms with Crippen LogP contribution in [0.4, 0.5) is 18.9 Å². The normalized spacial score (nSPS) is 19.9. The van der Waals surface area contributed by atoms with E-state index < -0.39 is 17.8 Å². The van der Waals surface area contributed by atoms with Crippen LogP contribution in [0.3, 0.4) is 0 Å². The van der Waals surface area contributed by atoms with E-state index in [1.165, 1.54) is 17.0 Å². The SMILES string of the molecule is CN1CCC(Nc2ccc(Cl)cc2C(F)(F)F)C1=O. The van der Waals surface area contributed by atoms with Crippen molar-refractivity contribution in [2.75, 3.05) is 18.9 Å². The lowest BCUT2D eigenvalue weighted by Crippen LogP contribution is -2.31. The van der Waals surface area contributed by atoms with Crippen molar-refractivity contribution < 1.29 is 18.0 Å². The fraction of sp³-hybridized carbons (Fsp3) is 0.417. The molecule has 0 bridgehead atoms. The number of amides is 1. The number of hydrogen-bond donors (Lipinski definition) is 1. The van der Waals surface area contributed by atoms with Crippen LogP contribution < -0.4 is 5.32 Å². The summed E-state index contributed by atoms with van der Waals surface area (Å²) in [6, 6.07) is 2.85. The molecule has 0 saturated carbocycles. The third-order valence-corrected chi connectivity index (χ3v) is 3.28. The summed E-state index contributed by atoms with van der Waals surface area (Å²) in [5, 5.41) is 2.66. The minimum absolute atomic E-state index is 0.00717. The molecule has 1 fully saturated rings. The molecule has 2 rings (SSSR count). The molecule has 1 aromatic rings. The van der Waals surface area contributed by atoms with Crippen molar-refractivity contribution in [1.29, 1.82) is 0 Å². The lowest BCUT2D eigenvalue weighted by Gasteiger charge is -2.18. The summed E-state index contributed by atoms with van der Waals surface area (Å²) in [7, 11) is 1.62. The predicted octanol–water partition coefficient (Wildman–Crippen LogP) is 3.00. The van der Waals surface area contributed by atoms with Crippen molar-refractivity contribution in [2.24, 2.45) is 0 Å². The number of likely N-dealkylation sites (tertiary alicyclic amines) is 1. The van der Waals surface area contributed by atoms with E-state index in [0.29, 0.717) is 13.0 Å². The Kier molecular flexibility index (Phi) is 3.62. The van der Waals surface area contributed by atoms with Crippen LogP contribution in [-0.2, 0) is 11.0 Å². The van der Waals surface area contributed by atoms with Crippen molar-refractivity contribution in [2.45, 2.75) is 18.6 Å². The van der Waals surface area contributed by atoms with Crippen LogP contribution in [-0.4, -0.2) is 30.4 Å². The van der Waals surface area contributed by atoms with E-state index in [1.807, 2.05) is 0 Å². The van der Waals surface area contributed by atoms with Crippen molar-refractivity contribution >= 4 is 23.2 Å². The van der Waals surface area contributed by atoms with E-state index >= 15 is 0 Å². The zero-order valence-corrected chi connectivity index (χ0v) is 10.8. The second-order valence-corrected chi connectivity index (χ2v) is 4.87. The van der Waals surface area contributed by atoms with E-state index in [1.54, 1.807) is 7.05 Å². The van der Waals surface area contributed by atoms with Crippen LogP contribution in [0.25, 0.3) is 0 Å². The molecule has 1 N–H and O–H groups in total. The van der Waals surface area contributed by atoms with Gasteiger partial charge < -0.3 is 10.2 Å². The third kappa shape index (κ3) is 2.94. The van der Waals surface area contributed by atoms with Gasteiger partial charge in [0.05, 0.1) is 5.56 Å². The molecule has 0 spiro atoms. The topological polar surface area (TPSA) is 32.3 Å². The maximum absolute atomic E-state index is 12.9. The van der Waals surface area contributed by atoms with Crippen molar-refractivity contribution in [3.05, 3.63) is 28.8 Å². The zero-order chi connectivity index (χ0) is 14.2. The number of rotatable bonds is 2. The Hall–Kier alpha value is -1.43. The van der Waals surface area contributed by atoms with Crippen LogP contribution >= 0.6 is 11.6 Å². The Morgan fingerprint density at radius 1 is 1.42 bits per heavy atom. The van der Waals surface area contributed by atoms with Gasteiger partial charge in [0.25, 0.3) is 0 Å². The minimum atomic E-state index is -4.51. The van der Waals surface area contributed by atoms with Gasteiger partial charge in [0.2, 0.25) is 5.91 Å². The highest BCUT2D eigenvalue weighted by atomic mass is 35.5. The predicted molar refractivity (Wildman–Crippen MR) is 66.1 cm³/mol. The Bertz CT molecular complexity index is 504. The molecule has 1 saturated heterocycles. The molecule has 0 aromatic heterocycles. The monoisotopic (exact) mass is 292 g/mol. The Morgan fingerprint density at radius 3 is 2.63 bits per heavy atom. The van der Waals surface area contributed by atoms with Crippen molar-refractivity contribution in [3.8, 4) is 0 Å². The molecule has 19 heavy (non-hydrogen) atoms. The highest BCUT2D eigenvalue weighted by Gasteiger charge is 2.36. The Morgan fingerprint density at radius 2 is 2.11 bits per heavy atom. The number of alkyl halides is 3. The summed E-state index contributed by atoms with van der Waals surface area (Å²) >= 11 is 5.59. The van der Waals surface area contributed by atoms with E-state index in [0.717, 1.165) is 6.07 Å². The number of carbonyl (C=O) groups is 1. The molecule has 3 nitrogen and oxygen atoms in total. The van der Waals surface area contributed by atoms with Gasteiger partial charge in [-0.3, -0.25) is 4.79 Å². The molecule has 7 heteroatoms. The van der Waals surface area contributed by atoms with Gasteiger partial charge in [-0.15, -0.1) is 0 Å². The van der Waals surface area contributed by atoms with E-state index in [4.69, 9.17) is 11.6 Å². The number of nitrogens with zero attached hydrogens (tertiary/aromatic N) is 1. The van der Waals surface area contributed by atoms with E-state index in [2.05, 4.69) is 5.32 Å². The van der Waals surface area contributed by atoms with Crippen LogP contribution in [0, 0.1) is 0 Å². The molecule has 104 valence electrons. The van der Waals surface area contributed by atoms with Crippen LogP contribution in [0.1, 0.15) is 12.0 Å². The second-order valence-electron chi connectivity index (χ2n) is 4.43. The molecule has 1 aliphatic rings. The zero-order valence-electron chi connectivity index (χ0n) is 10.1. The Balaban J connectivity index is 2.28. The molecular weight excluding hydrogens is 281 g/mol. The Labute approximate surface area is 113 Å². The summed E-state index contributed by atoms with van der Waals surface area (Å²) < 4.78 is 38.6. The fourth-order valence-electron chi connectivity index (χ4n) is 2.02. The number of anilines is 1. The average molecular weight is 293 g/mol. The van der Waals surface area contributed by atoms with Gasteiger partial charge >= 0.3 is 6.18 Å². The van der Waals surface area contributed by atoms with Crippen molar-refractivity contribution in [3.63, 3.8) is 0 Å². The summed E-state index contributed by atoms with van der Waals surface area (Å²) in [6.07, 6.45) is -4.03. The first kappa shape index (κ1) is 14.0. The first-order chi connectivity index (χ1) is 8.79. The largest absolute Gasteiger partial charge is 0.418 e. The minimum Gasteiger partial charge on any atom is -0.373 e. The average Bonchev–Trinajstić information content (AvgIpc) is 2.62. The van der Waals surface area contributed by atoms with E-state index in [9.17, 15) is 18.0 Å².